The molecule has 1 aliphatic carbocycles. The number of hydrogen-bond donors (Lipinski definition) is 0. The van der Waals surface area contributed by atoms with Crippen molar-refractivity contribution in [1.29, 1.82) is 0 Å². The molecule has 2 heterocycles. The first-order valence-electron chi connectivity index (χ1n) is 11.1. The Morgan fingerprint density at radius 3 is 2.68 bits per heavy atom. The molecule has 3 rings (SSSR count). The van der Waals surface area contributed by atoms with Crippen LogP contribution in [0.4, 0.5) is 5.69 Å². The lowest BCUT2D eigenvalue weighted by Crippen LogP contribution is -2.57. The Balaban J connectivity index is 2.06. The van der Waals surface area contributed by atoms with Gasteiger partial charge in [0, 0.05) is 11.8 Å². The fourth-order valence-electron chi connectivity index (χ4n) is 4.27. The summed E-state index contributed by atoms with van der Waals surface area (Å²) in [5, 5.41) is 0. The van der Waals surface area contributed by atoms with Crippen molar-refractivity contribution >= 4 is 28.9 Å². The van der Waals surface area contributed by atoms with E-state index in [0.717, 1.165) is 30.6 Å². The van der Waals surface area contributed by atoms with Gasteiger partial charge in [-0.05, 0) is 45.6 Å². The predicted molar refractivity (Wildman–Crippen MR) is 124 cm³/mol. The number of amides is 1. The van der Waals surface area contributed by atoms with Crippen LogP contribution in [0.3, 0.4) is 0 Å². The number of thiophene rings is 1. The molecule has 1 aromatic heterocycles. The van der Waals surface area contributed by atoms with E-state index in [4.69, 9.17) is 9.47 Å². The number of hydrogen-bond acceptors (Lipinski definition) is 5. The lowest BCUT2D eigenvalue weighted by molar-refractivity contribution is -0.137. The average Bonchev–Trinajstić information content (AvgIpc) is 3.17. The van der Waals surface area contributed by atoms with Crippen LogP contribution in [0.25, 0.3) is 0 Å². The third-order valence-corrected chi connectivity index (χ3v) is 6.81. The average molecular weight is 444 g/mol. The van der Waals surface area contributed by atoms with Crippen LogP contribution in [-0.2, 0) is 14.3 Å². The highest BCUT2D eigenvalue weighted by atomic mass is 32.1. The maximum absolute atomic E-state index is 13.5. The van der Waals surface area contributed by atoms with E-state index in [-0.39, 0.29) is 17.4 Å². The maximum Gasteiger partial charge on any atom is 0.350 e. The summed E-state index contributed by atoms with van der Waals surface area (Å²) in [6.07, 6.45) is 7.26. The van der Waals surface area contributed by atoms with Gasteiger partial charge in [0.05, 0.1) is 30.3 Å². The van der Waals surface area contributed by atoms with Crippen LogP contribution in [0.5, 0.6) is 0 Å². The molecule has 1 aromatic rings. The molecule has 0 bridgehead atoms. The van der Waals surface area contributed by atoms with Gasteiger partial charge in [-0.25, -0.2) is 4.79 Å². The number of ether oxygens (including phenoxy) is 2. The first-order chi connectivity index (χ1) is 14.7. The quantitative estimate of drug-likeness (QED) is 0.357. The Morgan fingerprint density at radius 2 is 2.06 bits per heavy atom. The Labute approximate surface area is 189 Å². The minimum absolute atomic E-state index is 0.0877. The highest BCUT2D eigenvalue weighted by Crippen LogP contribution is 2.39. The molecule has 5 nitrogen and oxygen atoms in total. The number of esters is 1. The van der Waals surface area contributed by atoms with Gasteiger partial charge in [-0.1, -0.05) is 37.2 Å². The van der Waals surface area contributed by atoms with E-state index < -0.39 is 12.1 Å². The van der Waals surface area contributed by atoms with E-state index in [1.54, 1.807) is 6.08 Å². The molecule has 1 amide bonds. The van der Waals surface area contributed by atoms with Crippen molar-refractivity contribution in [3.63, 3.8) is 0 Å². The van der Waals surface area contributed by atoms with Gasteiger partial charge >= 0.3 is 5.97 Å². The van der Waals surface area contributed by atoms with Crippen molar-refractivity contribution in [2.45, 2.75) is 71.4 Å². The highest BCUT2D eigenvalue weighted by Gasteiger charge is 2.42. The lowest BCUT2D eigenvalue weighted by atomic mass is 9.82. The summed E-state index contributed by atoms with van der Waals surface area (Å²) in [6.45, 7) is 10.4. The molecular weight excluding hydrogens is 410 g/mol. The van der Waals surface area contributed by atoms with Crippen LogP contribution >= 0.6 is 11.3 Å². The number of rotatable bonds is 5. The maximum atomic E-state index is 13.5. The molecule has 1 saturated carbocycles. The number of morpholine rings is 1. The molecule has 0 radical (unpaired) electrons. The van der Waals surface area contributed by atoms with Crippen molar-refractivity contribution in [3.8, 4) is 11.8 Å². The molecular formula is C25H33NO4S. The number of anilines is 1. The van der Waals surface area contributed by atoms with Crippen molar-refractivity contribution in [1.82, 2.24) is 0 Å². The van der Waals surface area contributed by atoms with Crippen molar-refractivity contribution in [3.05, 3.63) is 28.5 Å². The molecule has 2 fully saturated rings. The topological polar surface area (TPSA) is 55.8 Å². The fourth-order valence-corrected chi connectivity index (χ4v) is 5.19. The molecule has 1 aliphatic heterocycles. The summed E-state index contributed by atoms with van der Waals surface area (Å²) >= 11 is 1.29. The molecule has 2 atom stereocenters. The largest absolute Gasteiger partial charge is 0.465 e. The van der Waals surface area contributed by atoms with Gasteiger partial charge in [-0.3, -0.25) is 4.79 Å². The van der Waals surface area contributed by atoms with E-state index in [1.165, 1.54) is 24.9 Å². The fraction of sp³-hybridized carbons (Fsp3) is 0.600. The van der Waals surface area contributed by atoms with E-state index in [1.807, 2.05) is 31.7 Å². The monoisotopic (exact) mass is 443 g/mol. The van der Waals surface area contributed by atoms with Crippen LogP contribution in [0.15, 0.2) is 18.7 Å². The zero-order valence-corrected chi connectivity index (χ0v) is 19.8. The van der Waals surface area contributed by atoms with Crippen molar-refractivity contribution < 1.29 is 19.1 Å². The van der Waals surface area contributed by atoms with Gasteiger partial charge in [0.1, 0.15) is 11.0 Å². The number of carbonyl (C=O) groups excluding carboxylic acids is 2. The van der Waals surface area contributed by atoms with Crippen LogP contribution in [0.2, 0.25) is 0 Å². The molecule has 0 unspecified atom stereocenters. The second-order valence-corrected chi connectivity index (χ2v) is 10.4. The minimum atomic E-state index is -0.577. The lowest BCUT2D eigenvalue weighted by Gasteiger charge is -2.43. The molecule has 0 aromatic carbocycles. The molecule has 0 N–H and O–H groups in total. The van der Waals surface area contributed by atoms with E-state index >= 15 is 0 Å². The van der Waals surface area contributed by atoms with Crippen LogP contribution < -0.4 is 4.90 Å². The standard InChI is InChI=1S/C25H33NO4S/c1-6-10-21-23(27)26(20(16-30-21)17-11-8-7-9-12-17)19-15-18(13-14-25(2,3)4)31-22(19)24(28)29-5/h6,15,17,20-21H,1,7-12,16H2,2-5H3/t20-,21-/m0/s1. The molecule has 1 saturated heterocycles. The second-order valence-electron chi connectivity index (χ2n) is 9.34. The Morgan fingerprint density at radius 1 is 1.35 bits per heavy atom. The Hall–Kier alpha value is -2.10. The third-order valence-electron chi connectivity index (χ3n) is 5.79. The van der Waals surface area contributed by atoms with E-state index in [0.29, 0.717) is 29.5 Å². The predicted octanol–water partition coefficient (Wildman–Crippen LogP) is 5.19. The van der Waals surface area contributed by atoms with Gasteiger partial charge in [-0.2, -0.15) is 0 Å². The summed E-state index contributed by atoms with van der Waals surface area (Å²) in [4.78, 5) is 29.2. The first kappa shape index (κ1) is 23.6. The number of carbonyl (C=O) groups is 2. The normalized spacial score (nSPS) is 22.6. The SMILES string of the molecule is C=CC[C@@H]1OC[C@@H](C2CCCCC2)N(c2cc(C#CC(C)(C)C)sc2C(=O)OC)C1=O. The number of nitrogens with zero attached hydrogens (tertiary/aromatic N) is 1. The van der Waals surface area contributed by atoms with E-state index in [9.17, 15) is 9.59 Å². The van der Waals surface area contributed by atoms with E-state index in [2.05, 4.69) is 18.4 Å². The smallest absolute Gasteiger partial charge is 0.350 e. The zero-order valence-electron chi connectivity index (χ0n) is 19.0. The molecule has 0 spiro atoms. The van der Waals surface area contributed by atoms with Gasteiger partial charge in [-0.15, -0.1) is 17.9 Å². The van der Waals surface area contributed by atoms with Crippen LogP contribution in [-0.4, -0.2) is 37.7 Å². The molecule has 6 heteroatoms. The van der Waals surface area contributed by atoms with Gasteiger partial charge in [0.15, 0.2) is 0 Å². The van der Waals surface area contributed by atoms with Crippen molar-refractivity contribution in [2.24, 2.45) is 11.3 Å². The van der Waals surface area contributed by atoms with Gasteiger partial charge < -0.3 is 14.4 Å². The first-order valence-corrected chi connectivity index (χ1v) is 11.9. The summed E-state index contributed by atoms with van der Waals surface area (Å²) < 4.78 is 11.0. The molecule has 31 heavy (non-hydrogen) atoms. The summed E-state index contributed by atoms with van der Waals surface area (Å²) in [6, 6.07) is 1.79. The highest BCUT2D eigenvalue weighted by molar-refractivity contribution is 7.15. The Kier molecular flexibility index (Phi) is 7.61. The summed E-state index contributed by atoms with van der Waals surface area (Å²) in [5.74, 6) is 6.21. The summed E-state index contributed by atoms with van der Waals surface area (Å²) in [5.41, 5.74) is 0.442. The Bertz CT molecular complexity index is 880. The van der Waals surface area contributed by atoms with Crippen molar-refractivity contribution in [2.75, 3.05) is 18.6 Å². The minimum Gasteiger partial charge on any atom is -0.465 e. The van der Waals surface area contributed by atoms with Gasteiger partial charge in [0.2, 0.25) is 0 Å². The third kappa shape index (κ3) is 5.58. The van der Waals surface area contributed by atoms with Crippen LogP contribution in [0.1, 0.15) is 73.8 Å². The van der Waals surface area contributed by atoms with Crippen LogP contribution in [0, 0.1) is 23.2 Å². The van der Waals surface area contributed by atoms with Gasteiger partial charge in [0.25, 0.3) is 5.91 Å². The second kappa shape index (κ2) is 10.0. The summed E-state index contributed by atoms with van der Waals surface area (Å²) in [7, 11) is 1.37. The molecule has 168 valence electrons. The zero-order chi connectivity index (χ0) is 22.6. The number of methoxy groups -OCH3 is 1. The molecule has 2 aliphatic rings.